The van der Waals surface area contributed by atoms with Crippen LogP contribution in [0, 0.1) is 5.82 Å². The van der Waals surface area contributed by atoms with Crippen LogP contribution in [-0.2, 0) is 22.1 Å². The number of carbonyl (C=O) groups is 1. The molecule has 0 saturated heterocycles. The molecule has 9 heteroatoms. The molecule has 0 bridgehead atoms. The molecular formula is C11H9F6NO2. The fraction of sp³-hybridized carbons (Fsp3) is 0.455. The van der Waals surface area contributed by atoms with Crippen molar-refractivity contribution in [3.63, 3.8) is 0 Å². The van der Waals surface area contributed by atoms with E-state index in [0.717, 1.165) is 0 Å². The Morgan fingerprint density at radius 2 is 2.00 bits per heavy atom. The van der Waals surface area contributed by atoms with Crippen LogP contribution < -0.4 is 0 Å². The third kappa shape index (κ3) is 3.84. The zero-order chi connectivity index (χ0) is 15.5. The quantitative estimate of drug-likeness (QED) is 0.633. The van der Waals surface area contributed by atoms with Crippen molar-refractivity contribution in [2.75, 3.05) is 6.61 Å². The van der Waals surface area contributed by atoms with Crippen LogP contribution in [0.1, 0.15) is 30.3 Å². The van der Waals surface area contributed by atoms with Crippen molar-refractivity contribution < 1.29 is 35.9 Å². The molecular weight excluding hydrogens is 292 g/mol. The number of halogens is 6. The van der Waals surface area contributed by atoms with Crippen molar-refractivity contribution in [2.24, 2.45) is 0 Å². The molecule has 0 aliphatic rings. The highest BCUT2D eigenvalue weighted by atomic mass is 19.4. The minimum absolute atomic E-state index is 0.0701. The number of alkyl halides is 5. The van der Waals surface area contributed by atoms with Gasteiger partial charge in [0, 0.05) is 5.56 Å². The standard InChI is InChI=1S/C11H9F6NO2/c1-2-20-7(19)4-5-3-6(10(13)14)18-9(8(5)12)11(15,16)17/h3,10H,2,4H2,1H3. The summed E-state index contributed by atoms with van der Waals surface area (Å²) in [5, 5.41) is 0. The maximum absolute atomic E-state index is 13.6. The molecule has 1 rings (SSSR count). The lowest BCUT2D eigenvalue weighted by molar-refractivity contribution is -0.145. The number of hydrogen-bond donors (Lipinski definition) is 0. The Bertz CT molecular complexity index is 500. The minimum atomic E-state index is -5.24. The molecule has 3 nitrogen and oxygen atoms in total. The first-order valence-electron chi connectivity index (χ1n) is 5.37. The lowest BCUT2D eigenvalue weighted by Crippen LogP contribution is -2.17. The first-order chi connectivity index (χ1) is 9.16. The number of carbonyl (C=O) groups excluding carboxylic acids is 1. The second kappa shape index (κ2) is 6.10. The average molecular weight is 301 g/mol. The molecule has 1 aromatic rings. The molecule has 0 N–H and O–H groups in total. The Morgan fingerprint density at radius 1 is 1.40 bits per heavy atom. The third-order valence-electron chi connectivity index (χ3n) is 2.19. The summed E-state index contributed by atoms with van der Waals surface area (Å²) in [4.78, 5) is 13.7. The van der Waals surface area contributed by atoms with Crippen molar-refractivity contribution >= 4 is 5.97 Å². The smallest absolute Gasteiger partial charge is 0.436 e. The summed E-state index contributed by atoms with van der Waals surface area (Å²) < 4.78 is 80.4. The van der Waals surface area contributed by atoms with Crippen LogP contribution in [-0.4, -0.2) is 17.6 Å². The van der Waals surface area contributed by atoms with Gasteiger partial charge in [-0.2, -0.15) is 13.2 Å². The molecule has 0 fully saturated rings. The minimum Gasteiger partial charge on any atom is -0.466 e. The Balaban J connectivity index is 3.28. The van der Waals surface area contributed by atoms with Crippen molar-refractivity contribution in [1.29, 1.82) is 0 Å². The second-order valence-corrected chi connectivity index (χ2v) is 3.65. The van der Waals surface area contributed by atoms with E-state index >= 15 is 0 Å². The zero-order valence-corrected chi connectivity index (χ0v) is 10.1. The molecule has 1 heterocycles. The van der Waals surface area contributed by atoms with Gasteiger partial charge in [-0.25, -0.2) is 18.2 Å². The van der Waals surface area contributed by atoms with E-state index in [1.807, 2.05) is 0 Å². The molecule has 0 aromatic carbocycles. The Morgan fingerprint density at radius 3 is 2.45 bits per heavy atom. The van der Waals surface area contributed by atoms with Crippen LogP contribution in [0.4, 0.5) is 26.3 Å². The number of pyridine rings is 1. The number of nitrogens with zero attached hydrogens (tertiary/aromatic N) is 1. The molecule has 0 amide bonds. The molecule has 0 saturated carbocycles. The highest BCUT2D eigenvalue weighted by molar-refractivity contribution is 5.72. The molecule has 0 unspecified atom stereocenters. The highest BCUT2D eigenvalue weighted by Gasteiger charge is 2.38. The Labute approximate surface area is 109 Å². The van der Waals surface area contributed by atoms with E-state index in [4.69, 9.17) is 0 Å². The summed E-state index contributed by atoms with van der Waals surface area (Å²) in [6, 6.07) is 0.423. The van der Waals surface area contributed by atoms with E-state index in [9.17, 15) is 31.1 Å². The van der Waals surface area contributed by atoms with Crippen LogP contribution >= 0.6 is 0 Å². The number of rotatable bonds is 4. The fourth-order valence-corrected chi connectivity index (χ4v) is 1.40. The molecule has 0 aliphatic carbocycles. The predicted molar refractivity (Wildman–Crippen MR) is 54.5 cm³/mol. The van der Waals surface area contributed by atoms with Crippen molar-refractivity contribution in [3.05, 3.63) is 28.8 Å². The number of esters is 1. The van der Waals surface area contributed by atoms with Crippen molar-refractivity contribution in [1.82, 2.24) is 4.98 Å². The van der Waals surface area contributed by atoms with E-state index in [0.29, 0.717) is 6.07 Å². The summed E-state index contributed by atoms with van der Waals surface area (Å²) in [5.41, 5.74) is -4.16. The van der Waals surface area contributed by atoms with E-state index in [-0.39, 0.29) is 6.61 Å². The summed E-state index contributed by atoms with van der Waals surface area (Å²) in [5.74, 6) is -2.87. The molecule has 0 aliphatic heterocycles. The van der Waals surface area contributed by atoms with E-state index in [1.165, 1.54) is 6.92 Å². The van der Waals surface area contributed by atoms with Crippen LogP contribution in [0.25, 0.3) is 0 Å². The second-order valence-electron chi connectivity index (χ2n) is 3.65. The molecule has 20 heavy (non-hydrogen) atoms. The zero-order valence-electron chi connectivity index (χ0n) is 10.1. The molecule has 0 spiro atoms. The van der Waals surface area contributed by atoms with Crippen molar-refractivity contribution in [3.8, 4) is 0 Å². The normalized spacial score (nSPS) is 11.8. The summed E-state index contributed by atoms with van der Waals surface area (Å²) in [6.07, 6.45) is -9.44. The first kappa shape index (κ1) is 16.3. The van der Waals surface area contributed by atoms with Gasteiger partial charge < -0.3 is 4.74 Å². The molecule has 0 radical (unpaired) electrons. The average Bonchev–Trinajstić information content (AvgIpc) is 2.30. The van der Waals surface area contributed by atoms with Crippen LogP contribution in [0.2, 0.25) is 0 Å². The third-order valence-corrected chi connectivity index (χ3v) is 2.19. The lowest BCUT2D eigenvalue weighted by Gasteiger charge is -2.12. The number of ether oxygens (including phenoxy) is 1. The van der Waals surface area contributed by atoms with Gasteiger partial charge in [0.15, 0.2) is 11.5 Å². The maximum Gasteiger partial charge on any atom is 0.436 e. The predicted octanol–water partition coefficient (Wildman–Crippen LogP) is 3.28. The topological polar surface area (TPSA) is 39.2 Å². The SMILES string of the molecule is CCOC(=O)Cc1cc(C(F)F)nc(C(F)(F)F)c1F. The summed E-state index contributed by atoms with van der Waals surface area (Å²) in [7, 11) is 0. The van der Waals surface area contributed by atoms with Gasteiger partial charge in [0.1, 0.15) is 5.69 Å². The van der Waals surface area contributed by atoms with Crippen LogP contribution in [0.15, 0.2) is 6.07 Å². The number of hydrogen-bond acceptors (Lipinski definition) is 3. The summed E-state index contributed by atoms with van der Waals surface area (Å²) in [6.45, 7) is 1.37. The fourth-order valence-electron chi connectivity index (χ4n) is 1.40. The maximum atomic E-state index is 13.6. The van der Waals surface area contributed by atoms with Gasteiger partial charge in [-0.05, 0) is 13.0 Å². The van der Waals surface area contributed by atoms with Gasteiger partial charge in [-0.15, -0.1) is 0 Å². The Hall–Kier alpha value is -1.80. The lowest BCUT2D eigenvalue weighted by atomic mass is 10.1. The van der Waals surface area contributed by atoms with Gasteiger partial charge in [-0.1, -0.05) is 0 Å². The van der Waals surface area contributed by atoms with Gasteiger partial charge in [0.2, 0.25) is 0 Å². The molecule has 1 aromatic heterocycles. The van der Waals surface area contributed by atoms with Crippen LogP contribution in [0.3, 0.4) is 0 Å². The Kier molecular flexibility index (Phi) is 4.96. The van der Waals surface area contributed by atoms with Crippen molar-refractivity contribution in [2.45, 2.75) is 25.9 Å². The summed E-state index contributed by atoms with van der Waals surface area (Å²) >= 11 is 0. The van der Waals surface area contributed by atoms with Crippen LogP contribution in [0.5, 0.6) is 0 Å². The molecule has 0 atom stereocenters. The highest BCUT2D eigenvalue weighted by Crippen LogP contribution is 2.33. The largest absolute Gasteiger partial charge is 0.466 e. The van der Waals surface area contributed by atoms with Gasteiger partial charge >= 0.3 is 12.1 Å². The van der Waals surface area contributed by atoms with Gasteiger partial charge in [0.05, 0.1) is 13.0 Å². The first-order valence-corrected chi connectivity index (χ1v) is 5.37. The van der Waals surface area contributed by atoms with E-state index < -0.39 is 47.8 Å². The van der Waals surface area contributed by atoms with Gasteiger partial charge in [0.25, 0.3) is 6.43 Å². The molecule has 112 valence electrons. The van der Waals surface area contributed by atoms with E-state index in [2.05, 4.69) is 9.72 Å². The monoisotopic (exact) mass is 301 g/mol. The van der Waals surface area contributed by atoms with E-state index in [1.54, 1.807) is 0 Å². The number of aromatic nitrogens is 1. The van der Waals surface area contributed by atoms with Gasteiger partial charge in [-0.3, -0.25) is 4.79 Å².